The standard InChI is InChI=1S/C26H29N3O6S2/c1-5-29(16-19-10-8-7-9-11-19)37(33,34)21-14-12-20(13-15-21)23(30)27-25-22(17(3)18(4)36-25)24(31)28-26(32)35-6-2/h7-15H,5-6,16H2,1-4H3,(H,27,30)(H,28,31,32). The molecular formula is C26H29N3O6S2. The van der Waals surface area contributed by atoms with E-state index in [9.17, 15) is 22.8 Å². The maximum Gasteiger partial charge on any atom is 0.414 e. The van der Waals surface area contributed by atoms with E-state index in [4.69, 9.17) is 4.74 Å². The normalized spacial score (nSPS) is 11.3. The van der Waals surface area contributed by atoms with Gasteiger partial charge in [0.2, 0.25) is 10.0 Å². The molecule has 0 saturated carbocycles. The summed E-state index contributed by atoms with van der Waals surface area (Å²) in [6.07, 6.45) is -0.877. The Hall–Kier alpha value is -3.54. The van der Waals surface area contributed by atoms with E-state index in [2.05, 4.69) is 10.6 Å². The molecule has 0 aliphatic carbocycles. The van der Waals surface area contributed by atoms with E-state index in [1.54, 1.807) is 27.7 Å². The summed E-state index contributed by atoms with van der Waals surface area (Å²) in [5.41, 5.74) is 1.88. The third-order valence-corrected chi connectivity index (χ3v) is 8.70. The number of aryl methyl sites for hydroxylation is 1. The van der Waals surface area contributed by atoms with Gasteiger partial charge in [0.1, 0.15) is 5.00 Å². The van der Waals surface area contributed by atoms with E-state index in [-0.39, 0.29) is 40.7 Å². The molecule has 3 rings (SSSR count). The zero-order chi connectivity index (χ0) is 27.2. The molecule has 0 bridgehead atoms. The second-order valence-electron chi connectivity index (χ2n) is 8.06. The molecule has 0 fully saturated rings. The Morgan fingerprint density at radius 3 is 2.19 bits per heavy atom. The van der Waals surface area contributed by atoms with Gasteiger partial charge in [-0.1, -0.05) is 37.3 Å². The van der Waals surface area contributed by atoms with Crippen molar-refractivity contribution in [2.45, 2.75) is 39.1 Å². The number of nitrogens with zero attached hydrogens (tertiary/aromatic N) is 1. The summed E-state index contributed by atoms with van der Waals surface area (Å²) in [5.74, 6) is -1.21. The first kappa shape index (κ1) is 28.0. The van der Waals surface area contributed by atoms with Crippen LogP contribution in [0, 0.1) is 13.8 Å². The van der Waals surface area contributed by atoms with E-state index < -0.39 is 27.9 Å². The molecule has 0 aliphatic heterocycles. The van der Waals surface area contributed by atoms with Gasteiger partial charge in [-0.3, -0.25) is 14.9 Å². The number of carbonyl (C=O) groups excluding carboxylic acids is 3. The van der Waals surface area contributed by atoms with E-state index in [1.807, 2.05) is 30.3 Å². The third-order valence-electron chi connectivity index (χ3n) is 5.64. The van der Waals surface area contributed by atoms with Crippen molar-refractivity contribution in [3.8, 4) is 0 Å². The summed E-state index contributed by atoms with van der Waals surface area (Å²) in [7, 11) is -3.78. The van der Waals surface area contributed by atoms with Crippen LogP contribution in [0.2, 0.25) is 0 Å². The summed E-state index contributed by atoms with van der Waals surface area (Å²) in [6.45, 7) is 7.53. The molecule has 0 saturated heterocycles. The molecule has 0 atom stereocenters. The molecule has 3 amide bonds. The molecule has 0 unspecified atom stereocenters. The number of alkyl carbamates (subject to hydrolysis) is 1. The van der Waals surface area contributed by atoms with Crippen LogP contribution in [0.5, 0.6) is 0 Å². The molecule has 37 heavy (non-hydrogen) atoms. The number of benzene rings is 2. The first-order valence-corrected chi connectivity index (χ1v) is 13.9. The molecule has 0 radical (unpaired) electrons. The Bertz CT molecular complexity index is 1380. The van der Waals surface area contributed by atoms with Crippen molar-refractivity contribution in [2.24, 2.45) is 0 Å². The van der Waals surface area contributed by atoms with Gasteiger partial charge in [-0.05, 0) is 56.2 Å². The van der Waals surface area contributed by atoms with Crippen LogP contribution in [0.25, 0.3) is 0 Å². The van der Waals surface area contributed by atoms with Gasteiger partial charge >= 0.3 is 6.09 Å². The van der Waals surface area contributed by atoms with Crippen LogP contribution < -0.4 is 10.6 Å². The number of hydrogen-bond donors (Lipinski definition) is 2. The zero-order valence-corrected chi connectivity index (χ0v) is 22.7. The number of thiophene rings is 1. The van der Waals surface area contributed by atoms with Gasteiger partial charge in [-0.25, -0.2) is 13.2 Å². The number of ether oxygens (including phenoxy) is 1. The highest BCUT2D eigenvalue weighted by Gasteiger charge is 2.25. The summed E-state index contributed by atoms with van der Waals surface area (Å²) in [6, 6.07) is 14.9. The van der Waals surface area contributed by atoms with Crippen molar-refractivity contribution < 1.29 is 27.5 Å². The Balaban J connectivity index is 1.78. The van der Waals surface area contributed by atoms with E-state index in [1.165, 1.54) is 39.9 Å². The van der Waals surface area contributed by atoms with Gasteiger partial charge in [-0.15, -0.1) is 11.3 Å². The van der Waals surface area contributed by atoms with Crippen molar-refractivity contribution in [3.63, 3.8) is 0 Å². The van der Waals surface area contributed by atoms with Crippen molar-refractivity contribution in [2.75, 3.05) is 18.5 Å². The first-order valence-electron chi connectivity index (χ1n) is 11.6. The number of imide groups is 1. The predicted molar refractivity (Wildman–Crippen MR) is 142 cm³/mol. The molecule has 9 nitrogen and oxygen atoms in total. The highest BCUT2D eigenvalue weighted by molar-refractivity contribution is 7.89. The van der Waals surface area contributed by atoms with Crippen molar-refractivity contribution >= 4 is 44.3 Å². The fourth-order valence-corrected chi connectivity index (χ4v) is 6.06. The van der Waals surface area contributed by atoms with Gasteiger partial charge in [0.25, 0.3) is 11.8 Å². The van der Waals surface area contributed by atoms with Crippen molar-refractivity contribution in [1.82, 2.24) is 9.62 Å². The highest BCUT2D eigenvalue weighted by Crippen LogP contribution is 2.33. The van der Waals surface area contributed by atoms with Gasteiger partial charge < -0.3 is 10.1 Å². The number of carbonyl (C=O) groups is 3. The number of rotatable bonds is 9. The predicted octanol–water partition coefficient (Wildman–Crippen LogP) is 4.71. The maximum atomic E-state index is 13.2. The molecule has 11 heteroatoms. The van der Waals surface area contributed by atoms with Crippen LogP contribution in [0.3, 0.4) is 0 Å². The van der Waals surface area contributed by atoms with Crippen LogP contribution in [0.15, 0.2) is 59.5 Å². The second-order valence-corrected chi connectivity index (χ2v) is 11.2. The summed E-state index contributed by atoms with van der Waals surface area (Å²) >= 11 is 1.20. The quantitative estimate of drug-likeness (QED) is 0.403. The van der Waals surface area contributed by atoms with Crippen molar-refractivity contribution in [3.05, 3.63) is 81.7 Å². The van der Waals surface area contributed by atoms with Gasteiger partial charge in [-0.2, -0.15) is 4.31 Å². The molecule has 0 aliphatic rings. The average Bonchev–Trinajstić information content (AvgIpc) is 3.15. The Kier molecular flexibility index (Phi) is 9.19. The fraction of sp³-hybridized carbons (Fsp3) is 0.269. The lowest BCUT2D eigenvalue weighted by molar-refractivity contribution is 0.0925. The SMILES string of the molecule is CCOC(=O)NC(=O)c1c(NC(=O)c2ccc(S(=O)(=O)N(CC)Cc3ccccc3)cc2)sc(C)c1C. The highest BCUT2D eigenvalue weighted by atomic mass is 32.2. The van der Waals surface area contributed by atoms with E-state index in [0.717, 1.165) is 10.4 Å². The van der Waals surface area contributed by atoms with Crippen molar-refractivity contribution in [1.29, 1.82) is 0 Å². The summed E-state index contributed by atoms with van der Waals surface area (Å²) in [4.78, 5) is 38.2. The second kappa shape index (κ2) is 12.1. The van der Waals surface area contributed by atoms with Crippen LogP contribution in [-0.4, -0.2) is 43.8 Å². The number of nitrogens with one attached hydrogen (secondary N) is 2. The van der Waals surface area contributed by atoms with Crippen LogP contribution in [-0.2, 0) is 21.3 Å². The molecule has 3 aromatic rings. The van der Waals surface area contributed by atoms with Gasteiger partial charge in [0, 0.05) is 23.5 Å². The lowest BCUT2D eigenvalue weighted by Gasteiger charge is -2.20. The average molecular weight is 544 g/mol. The zero-order valence-electron chi connectivity index (χ0n) is 21.0. The minimum absolute atomic E-state index is 0.0687. The van der Waals surface area contributed by atoms with Crippen LogP contribution in [0.4, 0.5) is 9.80 Å². The maximum absolute atomic E-state index is 13.2. The Labute approximate surface area is 220 Å². The molecule has 2 aromatic carbocycles. The molecule has 1 aromatic heterocycles. The third kappa shape index (κ3) is 6.62. The monoisotopic (exact) mass is 543 g/mol. The topological polar surface area (TPSA) is 122 Å². The molecular weight excluding hydrogens is 514 g/mol. The number of sulfonamides is 1. The largest absolute Gasteiger partial charge is 0.450 e. The molecule has 2 N–H and O–H groups in total. The molecule has 1 heterocycles. The Morgan fingerprint density at radius 1 is 0.946 bits per heavy atom. The smallest absolute Gasteiger partial charge is 0.414 e. The van der Waals surface area contributed by atoms with Gasteiger partial charge in [0.15, 0.2) is 0 Å². The minimum Gasteiger partial charge on any atom is -0.450 e. The molecule has 196 valence electrons. The number of anilines is 1. The number of amides is 3. The summed E-state index contributed by atoms with van der Waals surface area (Å²) in [5, 5.41) is 5.13. The number of hydrogen-bond acceptors (Lipinski definition) is 7. The fourth-order valence-electron chi connectivity index (χ4n) is 3.57. The van der Waals surface area contributed by atoms with E-state index >= 15 is 0 Å². The van der Waals surface area contributed by atoms with Crippen LogP contribution in [0.1, 0.15) is 50.6 Å². The van der Waals surface area contributed by atoms with Crippen LogP contribution >= 0.6 is 11.3 Å². The minimum atomic E-state index is -3.78. The summed E-state index contributed by atoms with van der Waals surface area (Å²) < 4.78 is 32.5. The molecule has 0 spiro atoms. The van der Waals surface area contributed by atoms with E-state index in [0.29, 0.717) is 5.56 Å². The lowest BCUT2D eigenvalue weighted by atomic mass is 10.1. The Morgan fingerprint density at radius 2 is 1.59 bits per heavy atom. The first-order chi connectivity index (χ1) is 17.6. The lowest BCUT2D eigenvalue weighted by Crippen LogP contribution is -2.32. The van der Waals surface area contributed by atoms with Gasteiger partial charge in [0.05, 0.1) is 17.1 Å².